The Bertz CT molecular complexity index is 124. The quantitative estimate of drug-likeness (QED) is 0.557. The fourth-order valence-electron chi connectivity index (χ4n) is 2.09. The van der Waals surface area contributed by atoms with Gasteiger partial charge in [-0.1, -0.05) is 19.8 Å². The van der Waals surface area contributed by atoms with Gasteiger partial charge >= 0.3 is 0 Å². The summed E-state index contributed by atoms with van der Waals surface area (Å²) < 4.78 is 0. The Balaban J connectivity index is 2.29. The first-order valence-electron chi connectivity index (χ1n) is 4.88. The van der Waals surface area contributed by atoms with Crippen LogP contribution in [0, 0.1) is 11.8 Å². The van der Waals surface area contributed by atoms with Crippen molar-refractivity contribution in [2.45, 2.75) is 38.6 Å². The van der Waals surface area contributed by atoms with Gasteiger partial charge in [0.2, 0.25) is 0 Å². The summed E-state index contributed by atoms with van der Waals surface area (Å²) in [6.07, 6.45) is 5.21. The first-order chi connectivity index (χ1) is 5.75. The van der Waals surface area contributed by atoms with Crippen LogP contribution in [0.2, 0.25) is 0 Å². The molecule has 0 aromatic rings. The monoisotopic (exact) mass is 172 g/mol. The zero-order chi connectivity index (χ0) is 8.97. The lowest BCUT2D eigenvalue weighted by atomic mass is 9.89. The Kier molecular flexibility index (Phi) is 3.98. The molecule has 0 saturated heterocycles. The van der Waals surface area contributed by atoms with Gasteiger partial charge in [-0.2, -0.15) is 0 Å². The number of hydrogen-bond acceptors (Lipinski definition) is 3. The summed E-state index contributed by atoms with van der Waals surface area (Å²) in [6, 6.07) is 0.257. The maximum atomic E-state index is 8.52. The highest BCUT2D eigenvalue weighted by Crippen LogP contribution is 2.29. The molecule has 4 N–H and O–H groups in total. The highest BCUT2D eigenvalue weighted by molar-refractivity contribution is 4.81. The molecule has 2 unspecified atom stereocenters. The highest BCUT2D eigenvalue weighted by atomic mass is 16.5. The summed E-state index contributed by atoms with van der Waals surface area (Å²) >= 11 is 0. The molecule has 0 radical (unpaired) electrons. The Morgan fingerprint density at radius 1 is 1.50 bits per heavy atom. The summed E-state index contributed by atoms with van der Waals surface area (Å²) in [7, 11) is 0. The second-order valence-corrected chi connectivity index (χ2v) is 3.96. The van der Waals surface area contributed by atoms with Crippen molar-refractivity contribution >= 4 is 0 Å². The molecular weight excluding hydrogens is 152 g/mol. The lowest BCUT2D eigenvalue weighted by Crippen LogP contribution is -2.39. The topological polar surface area (TPSA) is 58.3 Å². The first-order valence-corrected chi connectivity index (χ1v) is 4.88. The fourth-order valence-corrected chi connectivity index (χ4v) is 2.09. The standard InChI is InChI=1S/C9H20N2O/c1-7(6-11-12)9(10)8-4-2-3-5-8/h7-9,11-12H,2-6,10H2,1H3. The molecule has 1 aliphatic carbocycles. The van der Waals surface area contributed by atoms with E-state index in [2.05, 4.69) is 12.4 Å². The van der Waals surface area contributed by atoms with E-state index >= 15 is 0 Å². The largest absolute Gasteiger partial charge is 0.327 e. The summed E-state index contributed by atoms with van der Waals surface area (Å²) in [5.74, 6) is 1.06. The van der Waals surface area contributed by atoms with Crippen molar-refractivity contribution in [2.24, 2.45) is 17.6 Å². The lowest BCUT2D eigenvalue weighted by Gasteiger charge is -2.24. The van der Waals surface area contributed by atoms with Crippen molar-refractivity contribution in [1.29, 1.82) is 0 Å². The van der Waals surface area contributed by atoms with Crippen molar-refractivity contribution < 1.29 is 5.21 Å². The molecule has 0 amide bonds. The minimum Gasteiger partial charge on any atom is -0.327 e. The molecule has 0 heterocycles. The molecular formula is C9H20N2O. The van der Waals surface area contributed by atoms with Gasteiger partial charge in [0.1, 0.15) is 0 Å². The van der Waals surface area contributed by atoms with E-state index in [0.717, 1.165) is 0 Å². The number of nitrogens with one attached hydrogen (secondary N) is 1. The second-order valence-electron chi connectivity index (χ2n) is 3.96. The fraction of sp³-hybridized carbons (Fsp3) is 1.00. The average molecular weight is 172 g/mol. The van der Waals surface area contributed by atoms with Gasteiger partial charge in [-0.25, -0.2) is 5.48 Å². The minimum absolute atomic E-state index is 0.257. The van der Waals surface area contributed by atoms with Crippen LogP contribution >= 0.6 is 0 Å². The highest BCUT2D eigenvalue weighted by Gasteiger charge is 2.25. The van der Waals surface area contributed by atoms with E-state index in [9.17, 15) is 0 Å². The Morgan fingerprint density at radius 2 is 2.08 bits per heavy atom. The van der Waals surface area contributed by atoms with Gasteiger partial charge in [0.05, 0.1) is 0 Å². The van der Waals surface area contributed by atoms with Crippen molar-refractivity contribution in [3.05, 3.63) is 0 Å². The van der Waals surface area contributed by atoms with Gasteiger partial charge in [0, 0.05) is 12.6 Å². The summed E-state index contributed by atoms with van der Waals surface area (Å²) in [5.41, 5.74) is 8.25. The van der Waals surface area contributed by atoms with Gasteiger partial charge in [-0.3, -0.25) is 0 Å². The van der Waals surface area contributed by atoms with Gasteiger partial charge in [0.25, 0.3) is 0 Å². The molecule has 3 heteroatoms. The maximum Gasteiger partial charge on any atom is 0.0248 e. The van der Waals surface area contributed by atoms with Crippen LogP contribution in [-0.4, -0.2) is 17.8 Å². The van der Waals surface area contributed by atoms with E-state index in [0.29, 0.717) is 18.4 Å². The number of hydroxylamine groups is 1. The predicted octanol–water partition coefficient (Wildman–Crippen LogP) is 1.12. The van der Waals surface area contributed by atoms with Crippen LogP contribution in [0.15, 0.2) is 0 Å². The Hall–Kier alpha value is -0.120. The van der Waals surface area contributed by atoms with E-state index in [4.69, 9.17) is 10.9 Å². The van der Waals surface area contributed by atoms with Crippen LogP contribution in [0.5, 0.6) is 0 Å². The number of hydrogen-bond donors (Lipinski definition) is 3. The third-order valence-corrected chi connectivity index (χ3v) is 3.01. The number of rotatable bonds is 4. The van der Waals surface area contributed by atoms with Crippen molar-refractivity contribution in [3.8, 4) is 0 Å². The molecule has 12 heavy (non-hydrogen) atoms. The molecule has 1 aliphatic rings. The Labute approximate surface area is 74.3 Å². The molecule has 72 valence electrons. The molecule has 0 aromatic carbocycles. The van der Waals surface area contributed by atoms with Crippen LogP contribution < -0.4 is 11.2 Å². The average Bonchev–Trinajstić information content (AvgIpc) is 2.55. The third-order valence-electron chi connectivity index (χ3n) is 3.01. The smallest absolute Gasteiger partial charge is 0.0248 e. The van der Waals surface area contributed by atoms with Gasteiger partial charge in [0.15, 0.2) is 0 Å². The predicted molar refractivity (Wildman–Crippen MR) is 48.9 cm³/mol. The summed E-state index contributed by atoms with van der Waals surface area (Å²) in [6.45, 7) is 2.70. The molecule has 1 saturated carbocycles. The van der Waals surface area contributed by atoms with E-state index < -0.39 is 0 Å². The van der Waals surface area contributed by atoms with E-state index in [1.165, 1.54) is 25.7 Å². The SMILES string of the molecule is CC(CNO)C(N)C1CCCC1. The zero-order valence-electron chi connectivity index (χ0n) is 7.79. The Morgan fingerprint density at radius 3 is 2.58 bits per heavy atom. The van der Waals surface area contributed by atoms with Crippen LogP contribution in [-0.2, 0) is 0 Å². The molecule has 2 atom stereocenters. The molecule has 0 bridgehead atoms. The summed E-state index contributed by atoms with van der Waals surface area (Å²) in [4.78, 5) is 0. The molecule has 0 spiro atoms. The van der Waals surface area contributed by atoms with Crippen molar-refractivity contribution in [2.75, 3.05) is 6.54 Å². The van der Waals surface area contributed by atoms with E-state index in [1.807, 2.05) is 0 Å². The van der Waals surface area contributed by atoms with Crippen molar-refractivity contribution in [3.63, 3.8) is 0 Å². The van der Waals surface area contributed by atoms with Crippen LogP contribution in [0.25, 0.3) is 0 Å². The van der Waals surface area contributed by atoms with Gasteiger partial charge in [-0.15, -0.1) is 0 Å². The molecule has 0 aliphatic heterocycles. The van der Waals surface area contributed by atoms with Crippen LogP contribution in [0.1, 0.15) is 32.6 Å². The molecule has 1 fully saturated rings. The molecule has 0 aromatic heterocycles. The van der Waals surface area contributed by atoms with E-state index in [-0.39, 0.29) is 6.04 Å². The van der Waals surface area contributed by atoms with Crippen LogP contribution in [0.4, 0.5) is 0 Å². The molecule has 3 nitrogen and oxygen atoms in total. The summed E-state index contributed by atoms with van der Waals surface area (Å²) in [5, 5.41) is 8.52. The van der Waals surface area contributed by atoms with Crippen molar-refractivity contribution in [1.82, 2.24) is 5.48 Å². The second kappa shape index (κ2) is 4.80. The lowest BCUT2D eigenvalue weighted by molar-refractivity contribution is 0.139. The third kappa shape index (κ3) is 2.44. The van der Waals surface area contributed by atoms with E-state index in [1.54, 1.807) is 0 Å². The normalized spacial score (nSPS) is 24.2. The molecule has 1 rings (SSSR count). The van der Waals surface area contributed by atoms with Crippen LogP contribution in [0.3, 0.4) is 0 Å². The zero-order valence-corrected chi connectivity index (χ0v) is 7.79. The first kappa shape index (κ1) is 9.96. The van der Waals surface area contributed by atoms with Gasteiger partial charge < -0.3 is 10.9 Å². The maximum absolute atomic E-state index is 8.52. The minimum atomic E-state index is 0.257. The number of nitrogens with two attached hydrogens (primary N) is 1. The van der Waals surface area contributed by atoms with Gasteiger partial charge in [-0.05, 0) is 24.7 Å².